The van der Waals surface area contributed by atoms with Crippen molar-refractivity contribution in [2.45, 2.75) is 51.7 Å². The SMILES string of the molecule is CC(C)(C)OC(=O)N1CCCCC1c1[nH]nc2ncnc(N)c12. The number of nitrogens with zero attached hydrogens (tertiary/aromatic N) is 4. The number of hydrogen-bond donors (Lipinski definition) is 2. The molecule has 2 aromatic heterocycles. The van der Waals surface area contributed by atoms with Gasteiger partial charge in [0.05, 0.1) is 17.1 Å². The van der Waals surface area contributed by atoms with E-state index in [1.807, 2.05) is 20.8 Å². The number of carbonyl (C=O) groups is 1. The lowest BCUT2D eigenvalue weighted by Gasteiger charge is -2.36. The van der Waals surface area contributed by atoms with Crippen LogP contribution in [0.1, 0.15) is 51.8 Å². The molecule has 3 heterocycles. The van der Waals surface area contributed by atoms with Crippen LogP contribution in [-0.4, -0.2) is 43.3 Å². The van der Waals surface area contributed by atoms with E-state index in [0.717, 1.165) is 25.0 Å². The smallest absolute Gasteiger partial charge is 0.410 e. The molecule has 1 amide bonds. The fourth-order valence-electron chi connectivity index (χ4n) is 2.91. The largest absolute Gasteiger partial charge is 0.444 e. The number of carbonyl (C=O) groups excluding carboxylic acids is 1. The van der Waals surface area contributed by atoms with E-state index in [9.17, 15) is 4.79 Å². The molecule has 8 nitrogen and oxygen atoms in total. The Morgan fingerprint density at radius 2 is 2.17 bits per heavy atom. The number of fused-ring (bicyclic) bond motifs is 1. The molecule has 0 radical (unpaired) electrons. The second-order valence-corrected chi connectivity index (χ2v) is 6.78. The van der Waals surface area contributed by atoms with E-state index >= 15 is 0 Å². The van der Waals surface area contributed by atoms with Gasteiger partial charge in [0.15, 0.2) is 5.65 Å². The van der Waals surface area contributed by atoms with Crippen molar-refractivity contribution >= 4 is 22.9 Å². The molecule has 1 atom stereocenters. The van der Waals surface area contributed by atoms with Crippen molar-refractivity contribution < 1.29 is 9.53 Å². The summed E-state index contributed by atoms with van der Waals surface area (Å²) in [5.74, 6) is 0.369. The van der Waals surface area contributed by atoms with Crippen molar-refractivity contribution in [2.24, 2.45) is 0 Å². The van der Waals surface area contributed by atoms with Gasteiger partial charge in [0.2, 0.25) is 0 Å². The van der Waals surface area contributed by atoms with Gasteiger partial charge < -0.3 is 10.5 Å². The molecule has 0 bridgehead atoms. The van der Waals surface area contributed by atoms with Crippen molar-refractivity contribution in [3.8, 4) is 0 Å². The highest BCUT2D eigenvalue weighted by atomic mass is 16.6. The summed E-state index contributed by atoms with van der Waals surface area (Å²) in [5.41, 5.74) is 6.75. The molecule has 8 heteroatoms. The molecule has 1 aliphatic heterocycles. The van der Waals surface area contributed by atoms with Crippen LogP contribution in [0.3, 0.4) is 0 Å². The van der Waals surface area contributed by atoms with Gasteiger partial charge in [0, 0.05) is 6.54 Å². The zero-order valence-corrected chi connectivity index (χ0v) is 13.7. The summed E-state index contributed by atoms with van der Waals surface area (Å²) in [6.45, 7) is 6.23. The zero-order chi connectivity index (χ0) is 16.6. The predicted molar refractivity (Wildman–Crippen MR) is 85.6 cm³/mol. The van der Waals surface area contributed by atoms with E-state index in [1.165, 1.54) is 6.33 Å². The van der Waals surface area contributed by atoms with E-state index in [0.29, 0.717) is 23.4 Å². The van der Waals surface area contributed by atoms with Crippen LogP contribution in [0.25, 0.3) is 11.0 Å². The Morgan fingerprint density at radius 3 is 2.91 bits per heavy atom. The number of aromatic nitrogens is 4. The lowest BCUT2D eigenvalue weighted by Crippen LogP contribution is -2.42. The molecule has 0 spiro atoms. The van der Waals surface area contributed by atoms with Crippen molar-refractivity contribution in [2.75, 3.05) is 12.3 Å². The molecule has 3 rings (SSSR count). The Hall–Kier alpha value is -2.38. The summed E-state index contributed by atoms with van der Waals surface area (Å²) in [6, 6.07) is -0.156. The first-order valence-electron chi connectivity index (χ1n) is 7.81. The topological polar surface area (TPSA) is 110 Å². The first kappa shape index (κ1) is 15.5. The van der Waals surface area contributed by atoms with E-state index in [1.54, 1.807) is 4.90 Å². The van der Waals surface area contributed by atoms with Crippen molar-refractivity contribution in [1.29, 1.82) is 0 Å². The number of aromatic amines is 1. The third-order valence-corrected chi connectivity index (χ3v) is 3.87. The van der Waals surface area contributed by atoms with E-state index in [4.69, 9.17) is 10.5 Å². The second kappa shape index (κ2) is 5.68. The molecule has 0 saturated carbocycles. The number of nitrogen functional groups attached to an aromatic ring is 1. The number of ether oxygens (including phenoxy) is 1. The summed E-state index contributed by atoms with van der Waals surface area (Å²) in [6.07, 6.45) is 3.87. The van der Waals surface area contributed by atoms with Crippen LogP contribution >= 0.6 is 0 Å². The van der Waals surface area contributed by atoms with Gasteiger partial charge in [-0.25, -0.2) is 14.8 Å². The Balaban J connectivity index is 1.96. The predicted octanol–water partition coefficient (Wildman–Crippen LogP) is 2.40. The highest BCUT2D eigenvalue weighted by molar-refractivity contribution is 5.88. The highest BCUT2D eigenvalue weighted by Gasteiger charge is 2.34. The van der Waals surface area contributed by atoms with Gasteiger partial charge in [-0.1, -0.05) is 0 Å². The van der Waals surface area contributed by atoms with Crippen molar-refractivity contribution in [3.63, 3.8) is 0 Å². The molecule has 1 unspecified atom stereocenters. The number of likely N-dealkylation sites (tertiary alicyclic amines) is 1. The Morgan fingerprint density at radius 1 is 1.39 bits per heavy atom. The van der Waals surface area contributed by atoms with Gasteiger partial charge in [-0.3, -0.25) is 10.00 Å². The number of anilines is 1. The van der Waals surface area contributed by atoms with Crippen LogP contribution in [0.5, 0.6) is 0 Å². The first-order chi connectivity index (χ1) is 10.9. The lowest BCUT2D eigenvalue weighted by molar-refractivity contribution is 0.00917. The van der Waals surface area contributed by atoms with Crippen molar-refractivity contribution in [3.05, 3.63) is 12.0 Å². The summed E-state index contributed by atoms with van der Waals surface area (Å²) in [5, 5.41) is 7.87. The van der Waals surface area contributed by atoms with Gasteiger partial charge in [0.1, 0.15) is 17.7 Å². The molecular formula is C15H22N6O2. The number of hydrogen-bond acceptors (Lipinski definition) is 6. The molecule has 1 aliphatic rings. The number of nitrogens with two attached hydrogens (primary N) is 1. The zero-order valence-electron chi connectivity index (χ0n) is 13.7. The third kappa shape index (κ3) is 3.06. The van der Waals surface area contributed by atoms with Gasteiger partial charge in [-0.2, -0.15) is 5.10 Å². The molecule has 2 aromatic rings. The van der Waals surface area contributed by atoms with Gasteiger partial charge in [0.25, 0.3) is 0 Å². The summed E-state index contributed by atoms with van der Waals surface area (Å²) in [4.78, 5) is 22.4. The van der Waals surface area contributed by atoms with Crippen molar-refractivity contribution in [1.82, 2.24) is 25.1 Å². The standard InChI is InChI=1S/C15H22N6O2/c1-15(2,3)23-14(22)21-7-5-4-6-9(21)11-10-12(16)17-8-18-13(10)20-19-11/h8-9H,4-7H2,1-3H3,(H3,16,17,18,19,20). The quantitative estimate of drug-likeness (QED) is 0.835. The van der Waals surface area contributed by atoms with Crippen LogP contribution in [-0.2, 0) is 4.74 Å². The molecule has 124 valence electrons. The fourth-order valence-corrected chi connectivity index (χ4v) is 2.91. The first-order valence-corrected chi connectivity index (χ1v) is 7.81. The summed E-state index contributed by atoms with van der Waals surface area (Å²) in [7, 11) is 0. The lowest BCUT2D eigenvalue weighted by atomic mass is 9.98. The summed E-state index contributed by atoms with van der Waals surface area (Å²) >= 11 is 0. The molecular weight excluding hydrogens is 296 g/mol. The molecule has 3 N–H and O–H groups in total. The maximum Gasteiger partial charge on any atom is 0.410 e. The van der Waals surface area contributed by atoms with E-state index in [-0.39, 0.29) is 12.1 Å². The minimum atomic E-state index is -0.530. The average Bonchev–Trinajstić information content (AvgIpc) is 2.91. The molecule has 23 heavy (non-hydrogen) atoms. The van der Waals surface area contributed by atoms with Crippen LogP contribution in [0.4, 0.5) is 10.6 Å². The van der Waals surface area contributed by atoms with Crippen LogP contribution < -0.4 is 5.73 Å². The molecule has 1 saturated heterocycles. The maximum absolute atomic E-state index is 12.5. The van der Waals surface area contributed by atoms with Gasteiger partial charge >= 0.3 is 6.09 Å². The normalized spacial score (nSPS) is 19.1. The minimum Gasteiger partial charge on any atom is -0.444 e. The molecule has 0 aliphatic carbocycles. The van der Waals surface area contributed by atoms with Gasteiger partial charge in [-0.15, -0.1) is 0 Å². The van der Waals surface area contributed by atoms with E-state index in [2.05, 4.69) is 20.2 Å². The highest BCUT2D eigenvalue weighted by Crippen LogP contribution is 2.35. The monoisotopic (exact) mass is 318 g/mol. The Labute approximate surface area is 134 Å². The number of rotatable bonds is 1. The minimum absolute atomic E-state index is 0.156. The summed E-state index contributed by atoms with van der Waals surface area (Å²) < 4.78 is 5.54. The Bertz CT molecular complexity index is 720. The number of H-pyrrole nitrogens is 1. The third-order valence-electron chi connectivity index (χ3n) is 3.87. The van der Waals surface area contributed by atoms with Crippen LogP contribution in [0.2, 0.25) is 0 Å². The molecule has 0 aromatic carbocycles. The number of piperidine rings is 1. The van der Waals surface area contributed by atoms with Gasteiger partial charge in [-0.05, 0) is 40.0 Å². The van der Waals surface area contributed by atoms with Crippen LogP contribution in [0.15, 0.2) is 6.33 Å². The molecule has 1 fully saturated rings. The Kier molecular flexibility index (Phi) is 3.83. The van der Waals surface area contributed by atoms with E-state index < -0.39 is 5.60 Å². The van der Waals surface area contributed by atoms with Crippen LogP contribution in [0, 0.1) is 0 Å². The average molecular weight is 318 g/mol. The maximum atomic E-state index is 12.5. The fraction of sp³-hybridized carbons (Fsp3) is 0.600. The second-order valence-electron chi connectivity index (χ2n) is 6.78. The number of amides is 1. The number of nitrogens with one attached hydrogen (secondary N) is 1.